The van der Waals surface area contributed by atoms with E-state index in [0.717, 1.165) is 16.9 Å². The maximum atomic E-state index is 12.3. The molecule has 0 aliphatic heterocycles. The Bertz CT molecular complexity index is 972. The molecule has 2 heterocycles. The van der Waals surface area contributed by atoms with Gasteiger partial charge in [0.1, 0.15) is 4.21 Å². The minimum absolute atomic E-state index is 0.216. The van der Waals surface area contributed by atoms with Crippen molar-refractivity contribution in [2.45, 2.75) is 10.8 Å². The topological polar surface area (TPSA) is 64.0 Å². The van der Waals surface area contributed by atoms with E-state index in [1.165, 1.54) is 6.07 Å². The van der Waals surface area contributed by atoms with Crippen LogP contribution in [-0.2, 0) is 16.6 Å². The van der Waals surface area contributed by atoms with Crippen LogP contribution in [-0.4, -0.2) is 18.2 Å². The molecule has 0 fully saturated rings. The molecule has 3 rings (SSSR count). The van der Waals surface area contributed by atoms with Crippen molar-refractivity contribution in [3.8, 4) is 0 Å². The molecule has 0 saturated heterocycles. The molecule has 5 nitrogen and oxygen atoms in total. The average Bonchev–Trinajstić information content (AvgIpc) is 3.13. The summed E-state index contributed by atoms with van der Waals surface area (Å²) in [5, 5.41) is 7.03. The standard InChI is InChI=1S/C14H10BrCl2N3O2S2/c15-11-8-20(7-9-3-4-10(16)6-12(9)17)18-14(11)19-24(21,22)13-2-1-5-23-13/h1-6,8H,7H2,(H,18,19). The number of benzene rings is 1. The molecule has 1 aromatic carbocycles. The van der Waals surface area contributed by atoms with Gasteiger partial charge in [-0.2, -0.15) is 5.10 Å². The third-order valence-electron chi connectivity index (χ3n) is 3.06. The second-order valence-electron chi connectivity index (χ2n) is 4.80. The van der Waals surface area contributed by atoms with Gasteiger partial charge in [0.2, 0.25) is 0 Å². The molecule has 0 aliphatic carbocycles. The van der Waals surface area contributed by atoms with Gasteiger partial charge in [0.15, 0.2) is 5.82 Å². The van der Waals surface area contributed by atoms with E-state index in [0.29, 0.717) is 21.1 Å². The molecule has 126 valence electrons. The number of nitrogens with one attached hydrogen (secondary N) is 1. The molecule has 0 atom stereocenters. The second-order valence-corrected chi connectivity index (χ2v) is 9.35. The summed E-state index contributed by atoms with van der Waals surface area (Å²) >= 11 is 16.5. The van der Waals surface area contributed by atoms with Crippen molar-refractivity contribution in [3.05, 3.63) is 62.0 Å². The summed E-state index contributed by atoms with van der Waals surface area (Å²) in [6.07, 6.45) is 1.68. The minimum Gasteiger partial charge on any atom is -0.265 e. The van der Waals surface area contributed by atoms with Crippen molar-refractivity contribution in [2.24, 2.45) is 0 Å². The first-order valence-corrected chi connectivity index (χ1v) is 10.5. The van der Waals surface area contributed by atoms with Gasteiger partial charge in [-0.1, -0.05) is 35.3 Å². The first-order valence-electron chi connectivity index (χ1n) is 6.58. The van der Waals surface area contributed by atoms with Crippen LogP contribution in [0, 0.1) is 0 Å². The highest BCUT2D eigenvalue weighted by Crippen LogP contribution is 2.27. The van der Waals surface area contributed by atoms with Crippen LogP contribution < -0.4 is 4.72 Å². The molecule has 24 heavy (non-hydrogen) atoms. The van der Waals surface area contributed by atoms with E-state index < -0.39 is 10.0 Å². The van der Waals surface area contributed by atoms with Crippen molar-refractivity contribution in [2.75, 3.05) is 4.72 Å². The molecule has 2 aromatic heterocycles. The van der Waals surface area contributed by atoms with Gasteiger partial charge < -0.3 is 0 Å². The highest BCUT2D eigenvalue weighted by molar-refractivity contribution is 9.10. The molecular weight excluding hydrogens is 457 g/mol. The number of aromatic nitrogens is 2. The minimum atomic E-state index is -3.65. The van der Waals surface area contributed by atoms with Crippen molar-refractivity contribution >= 4 is 66.3 Å². The Morgan fingerprint density at radius 1 is 1.29 bits per heavy atom. The normalized spacial score (nSPS) is 11.6. The first kappa shape index (κ1) is 17.8. The van der Waals surface area contributed by atoms with Crippen molar-refractivity contribution in [3.63, 3.8) is 0 Å². The Hall–Kier alpha value is -1.06. The van der Waals surface area contributed by atoms with E-state index in [4.69, 9.17) is 23.2 Å². The lowest BCUT2D eigenvalue weighted by atomic mass is 10.2. The highest BCUT2D eigenvalue weighted by Gasteiger charge is 2.19. The van der Waals surface area contributed by atoms with E-state index in [1.807, 2.05) is 0 Å². The van der Waals surface area contributed by atoms with Crippen LogP contribution in [0.15, 0.2) is 50.6 Å². The van der Waals surface area contributed by atoms with Crippen molar-refractivity contribution in [1.82, 2.24) is 9.78 Å². The fourth-order valence-electron chi connectivity index (χ4n) is 1.97. The Balaban J connectivity index is 1.83. The average molecular weight is 467 g/mol. The lowest BCUT2D eigenvalue weighted by Gasteiger charge is -2.05. The Labute approximate surface area is 161 Å². The summed E-state index contributed by atoms with van der Waals surface area (Å²) in [7, 11) is -3.65. The number of hydrogen-bond donors (Lipinski definition) is 1. The Kier molecular flexibility index (Phi) is 5.22. The third-order valence-corrected chi connectivity index (χ3v) is 6.96. The van der Waals surface area contributed by atoms with Crippen molar-refractivity contribution in [1.29, 1.82) is 0 Å². The van der Waals surface area contributed by atoms with Gasteiger partial charge in [0.05, 0.1) is 11.0 Å². The van der Waals surface area contributed by atoms with Crippen LogP contribution in [0.25, 0.3) is 0 Å². The van der Waals surface area contributed by atoms with Crippen LogP contribution in [0.3, 0.4) is 0 Å². The van der Waals surface area contributed by atoms with Crippen LogP contribution in [0.4, 0.5) is 5.82 Å². The number of thiophene rings is 1. The maximum Gasteiger partial charge on any atom is 0.272 e. The number of rotatable bonds is 5. The Morgan fingerprint density at radius 3 is 2.75 bits per heavy atom. The number of sulfonamides is 1. The van der Waals surface area contributed by atoms with Gasteiger partial charge in [-0.05, 0) is 45.1 Å². The molecule has 1 N–H and O–H groups in total. The van der Waals surface area contributed by atoms with Gasteiger partial charge in [0, 0.05) is 16.2 Å². The summed E-state index contributed by atoms with van der Waals surface area (Å²) < 4.78 is 29.4. The fourth-order valence-corrected chi connectivity index (χ4v) is 4.99. The van der Waals surface area contributed by atoms with E-state index >= 15 is 0 Å². The summed E-state index contributed by atoms with van der Waals surface area (Å²) in [5.74, 6) is 0.216. The van der Waals surface area contributed by atoms with E-state index in [2.05, 4.69) is 25.8 Å². The molecule has 0 bridgehead atoms. The molecule has 3 aromatic rings. The second kappa shape index (κ2) is 7.05. The molecule has 0 aliphatic rings. The van der Waals surface area contributed by atoms with Gasteiger partial charge in [0.25, 0.3) is 10.0 Å². The summed E-state index contributed by atoms with van der Waals surface area (Å²) in [6, 6.07) is 8.40. The van der Waals surface area contributed by atoms with Gasteiger partial charge >= 0.3 is 0 Å². The molecule has 0 amide bonds. The van der Waals surface area contributed by atoms with Crippen LogP contribution in [0.2, 0.25) is 10.0 Å². The zero-order valence-electron chi connectivity index (χ0n) is 11.9. The molecule has 0 radical (unpaired) electrons. The third kappa shape index (κ3) is 3.94. The Morgan fingerprint density at radius 2 is 2.08 bits per heavy atom. The van der Waals surface area contributed by atoms with Crippen LogP contribution >= 0.6 is 50.5 Å². The largest absolute Gasteiger partial charge is 0.272 e. The highest BCUT2D eigenvalue weighted by atomic mass is 79.9. The van der Waals surface area contributed by atoms with Gasteiger partial charge in [-0.25, -0.2) is 8.42 Å². The van der Waals surface area contributed by atoms with Gasteiger partial charge in [-0.3, -0.25) is 9.40 Å². The summed E-state index contributed by atoms with van der Waals surface area (Å²) in [4.78, 5) is 0. The molecule has 0 spiro atoms. The number of anilines is 1. The quantitative estimate of drug-likeness (QED) is 0.583. The molecule has 0 unspecified atom stereocenters. The summed E-state index contributed by atoms with van der Waals surface area (Å²) in [6.45, 7) is 0.384. The van der Waals surface area contributed by atoms with Crippen molar-refractivity contribution < 1.29 is 8.42 Å². The first-order chi connectivity index (χ1) is 11.3. The lowest BCUT2D eigenvalue weighted by Crippen LogP contribution is -2.12. The SMILES string of the molecule is O=S(=O)(Nc1nn(Cc2ccc(Cl)cc2Cl)cc1Br)c1cccs1. The van der Waals surface area contributed by atoms with E-state index in [1.54, 1.807) is 40.5 Å². The van der Waals surface area contributed by atoms with Crippen LogP contribution in [0.5, 0.6) is 0 Å². The maximum absolute atomic E-state index is 12.3. The molecule has 10 heteroatoms. The molecular formula is C14H10BrCl2N3O2S2. The monoisotopic (exact) mass is 465 g/mol. The van der Waals surface area contributed by atoms with E-state index in [9.17, 15) is 8.42 Å². The van der Waals surface area contributed by atoms with Gasteiger partial charge in [-0.15, -0.1) is 11.3 Å². The van der Waals surface area contributed by atoms with E-state index in [-0.39, 0.29) is 10.0 Å². The zero-order valence-corrected chi connectivity index (χ0v) is 16.6. The van der Waals surface area contributed by atoms with Crippen LogP contribution in [0.1, 0.15) is 5.56 Å². The number of nitrogens with zero attached hydrogens (tertiary/aromatic N) is 2. The smallest absolute Gasteiger partial charge is 0.265 e. The predicted molar refractivity (Wildman–Crippen MR) is 101 cm³/mol. The lowest BCUT2D eigenvalue weighted by molar-refractivity contribution is 0.602. The number of halogens is 3. The molecule has 0 saturated carbocycles. The number of hydrogen-bond acceptors (Lipinski definition) is 4. The fraction of sp³-hybridized carbons (Fsp3) is 0.0714. The predicted octanol–water partition coefficient (Wildman–Crippen LogP) is 4.86. The zero-order chi connectivity index (χ0) is 17.3. The summed E-state index contributed by atoms with van der Waals surface area (Å²) in [5.41, 5.74) is 0.823.